The monoisotopic (exact) mass is 267 g/mol. The molecule has 1 nitrogen and oxygen atoms in total. The van der Waals surface area contributed by atoms with Crippen LogP contribution in [0.5, 0.6) is 0 Å². The highest BCUT2D eigenvalue weighted by molar-refractivity contribution is 5.90. The normalized spacial score (nSPS) is 10.5. The third kappa shape index (κ3) is 2.07. The van der Waals surface area contributed by atoms with E-state index in [0.29, 0.717) is 0 Å². The number of H-pyrrole nitrogens is 1. The average molecular weight is 267 g/mol. The van der Waals surface area contributed by atoms with Gasteiger partial charge in [-0.15, -0.1) is 0 Å². The van der Waals surface area contributed by atoms with Crippen molar-refractivity contribution in [3.8, 4) is 22.4 Å². The quantitative estimate of drug-likeness (QED) is 0.520. The molecule has 0 spiro atoms. The molecular weight excluding hydrogens is 254 g/mol. The van der Waals surface area contributed by atoms with Crippen LogP contribution in [-0.2, 0) is 0 Å². The Balaban J connectivity index is 1.93. The molecule has 21 heavy (non-hydrogen) atoms. The number of nitrogens with one attached hydrogen (secondary N) is 1. The van der Waals surface area contributed by atoms with Crippen LogP contribution in [0.25, 0.3) is 33.3 Å². The molecule has 1 aromatic heterocycles. The van der Waals surface area contributed by atoms with E-state index in [1.807, 2.05) is 12.1 Å². The van der Waals surface area contributed by atoms with E-state index in [1.165, 1.54) is 16.5 Å². The molecule has 0 aliphatic carbocycles. The van der Waals surface area contributed by atoms with Crippen LogP contribution in [0.3, 0.4) is 0 Å². The van der Waals surface area contributed by atoms with Crippen molar-refractivity contribution < 1.29 is 0 Å². The molecule has 0 amide bonds. The Bertz CT molecular complexity index is 855. The van der Waals surface area contributed by atoms with Crippen molar-refractivity contribution in [1.82, 2.24) is 4.98 Å². The van der Waals surface area contributed by atoms with Crippen LogP contribution in [0.15, 0.2) is 72.8 Å². The van der Waals surface area contributed by atoms with Crippen LogP contribution < -0.4 is 0 Å². The Labute approximate surface area is 123 Å². The Morgan fingerprint density at radius 2 is 1.57 bits per heavy atom. The SMILES string of the molecule is c1cccc(-c2ccccc2-c2cc3ccccc3[nH]2)c#1. The summed E-state index contributed by atoms with van der Waals surface area (Å²) in [6.45, 7) is 0. The Morgan fingerprint density at radius 1 is 0.762 bits per heavy atom. The zero-order chi connectivity index (χ0) is 14.1. The lowest BCUT2D eigenvalue weighted by Gasteiger charge is -2.06. The van der Waals surface area contributed by atoms with Gasteiger partial charge in [-0.25, -0.2) is 0 Å². The lowest BCUT2D eigenvalue weighted by molar-refractivity contribution is 1.45. The molecule has 0 aliphatic heterocycles. The molecule has 0 bridgehead atoms. The summed E-state index contributed by atoms with van der Waals surface area (Å²) < 4.78 is 0. The van der Waals surface area contributed by atoms with E-state index >= 15 is 0 Å². The molecule has 0 aliphatic rings. The summed E-state index contributed by atoms with van der Waals surface area (Å²) in [5, 5.41) is 1.23. The largest absolute Gasteiger partial charge is 0.355 e. The van der Waals surface area contributed by atoms with Gasteiger partial charge in [0.05, 0.1) is 0 Å². The molecule has 98 valence electrons. The van der Waals surface area contributed by atoms with E-state index in [9.17, 15) is 0 Å². The van der Waals surface area contributed by atoms with Gasteiger partial charge in [-0.3, -0.25) is 0 Å². The zero-order valence-corrected chi connectivity index (χ0v) is 11.4. The van der Waals surface area contributed by atoms with Crippen LogP contribution >= 0.6 is 0 Å². The van der Waals surface area contributed by atoms with E-state index < -0.39 is 0 Å². The first-order valence-electron chi connectivity index (χ1n) is 6.98. The van der Waals surface area contributed by atoms with Crippen molar-refractivity contribution in [1.29, 1.82) is 0 Å². The second-order valence-electron chi connectivity index (χ2n) is 5.02. The smallest absolute Gasteiger partial charge is 0.0471 e. The van der Waals surface area contributed by atoms with Crippen molar-refractivity contribution >= 4 is 10.9 Å². The second-order valence-corrected chi connectivity index (χ2v) is 5.02. The first kappa shape index (κ1) is 11.8. The fourth-order valence-corrected chi connectivity index (χ4v) is 2.68. The molecular formula is C20H13N. The van der Waals surface area contributed by atoms with Crippen molar-refractivity contribution in [2.75, 3.05) is 0 Å². The number of aromatic amines is 1. The van der Waals surface area contributed by atoms with Crippen molar-refractivity contribution in [3.63, 3.8) is 0 Å². The van der Waals surface area contributed by atoms with Crippen LogP contribution in [0.4, 0.5) is 0 Å². The van der Waals surface area contributed by atoms with E-state index in [4.69, 9.17) is 0 Å². The third-order valence-electron chi connectivity index (χ3n) is 3.69. The summed E-state index contributed by atoms with van der Waals surface area (Å²) in [5.41, 5.74) is 5.70. The van der Waals surface area contributed by atoms with Gasteiger partial charge in [-0.05, 0) is 29.8 Å². The maximum absolute atomic E-state index is 3.50. The van der Waals surface area contributed by atoms with Crippen molar-refractivity contribution in [2.45, 2.75) is 0 Å². The number of aromatic nitrogens is 1. The highest BCUT2D eigenvalue weighted by atomic mass is 14.7. The van der Waals surface area contributed by atoms with Crippen LogP contribution in [-0.4, -0.2) is 4.98 Å². The molecule has 0 saturated heterocycles. The summed E-state index contributed by atoms with van der Waals surface area (Å²) in [5.74, 6) is 0. The summed E-state index contributed by atoms with van der Waals surface area (Å²) in [4.78, 5) is 3.50. The molecule has 1 N–H and O–H groups in total. The average Bonchev–Trinajstić information content (AvgIpc) is 2.99. The summed E-state index contributed by atoms with van der Waals surface area (Å²) >= 11 is 0. The highest BCUT2D eigenvalue weighted by Gasteiger charge is 2.09. The van der Waals surface area contributed by atoms with Gasteiger partial charge in [0.25, 0.3) is 0 Å². The number of benzene rings is 2. The van der Waals surface area contributed by atoms with Gasteiger partial charge in [0.2, 0.25) is 0 Å². The molecule has 0 atom stereocenters. The van der Waals surface area contributed by atoms with Gasteiger partial charge >= 0.3 is 0 Å². The lowest BCUT2D eigenvalue weighted by atomic mass is 9.99. The van der Waals surface area contributed by atoms with Gasteiger partial charge in [0.15, 0.2) is 0 Å². The van der Waals surface area contributed by atoms with Gasteiger partial charge in [0, 0.05) is 27.7 Å². The molecule has 0 saturated carbocycles. The number of hydrogen-bond acceptors (Lipinski definition) is 0. The van der Waals surface area contributed by atoms with Crippen molar-refractivity contribution in [2.24, 2.45) is 0 Å². The maximum atomic E-state index is 3.50. The van der Waals surface area contributed by atoms with Crippen LogP contribution in [0.1, 0.15) is 0 Å². The summed E-state index contributed by atoms with van der Waals surface area (Å²) in [6, 6.07) is 31.1. The zero-order valence-electron chi connectivity index (χ0n) is 11.4. The molecule has 0 radical (unpaired) electrons. The van der Waals surface area contributed by atoms with Gasteiger partial charge in [-0.2, -0.15) is 0 Å². The topological polar surface area (TPSA) is 15.8 Å². The van der Waals surface area contributed by atoms with Crippen molar-refractivity contribution in [3.05, 3.63) is 84.9 Å². The molecule has 4 rings (SSSR count). The van der Waals surface area contributed by atoms with Gasteiger partial charge in [-0.1, -0.05) is 60.7 Å². The maximum Gasteiger partial charge on any atom is 0.0471 e. The van der Waals surface area contributed by atoms with E-state index in [-0.39, 0.29) is 0 Å². The summed E-state index contributed by atoms with van der Waals surface area (Å²) in [6.07, 6.45) is 0. The Hall–Kier alpha value is -2.98. The van der Waals surface area contributed by atoms with Crippen LogP contribution in [0.2, 0.25) is 0 Å². The molecule has 0 unspecified atom stereocenters. The minimum atomic E-state index is 1.06. The molecule has 4 aromatic rings. The number of fused-ring (bicyclic) bond motifs is 1. The number of hydrogen-bond donors (Lipinski definition) is 1. The Kier molecular flexibility index (Phi) is 2.73. The first-order chi connectivity index (χ1) is 10.4. The molecule has 0 fully saturated rings. The first-order valence-corrected chi connectivity index (χ1v) is 6.98. The minimum absolute atomic E-state index is 1.06. The molecule has 3 aromatic carbocycles. The Morgan fingerprint density at radius 3 is 2.38 bits per heavy atom. The standard InChI is InChI=1S/C20H13N/c1-2-8-15(9-3-1)17-11-5-6-12-18(17)20-14-16-10-4-7-13-19(16)21-20/h1-2,4-8,10-14,21H. The van der Waals surface area contributed by atoms with E-state index in [0.717, 1.165) is 16.8 Å². The minimum Gasteiger partial charge on any atom is -0.355 e. The predicted octanol–water partition coefficient (Wildman–Crippen LogP) is 5.10. The third-order valence-corrected chi connectivity index (χ3v) is 3.69. The van der Waals surface area contributed by atoms with Gasteiger partial charge in [0.1, 0.15) is 0 Å². The lowest BCUT2D eigenvalue weighted by Crippen LogP contribution is -1.83. The summed E-state index contributed by atoms with van der Waals surface area (Å²) in [7, 11) is 0. The van der Waals surface area contributed by atoms with Gasteiger partial charge < -0.3 is 4.98 Å². The van der Waals surface area contributed by atoms with E-state index in [1.54, 1.807) is 0 Å². The molecule has 1 heteroatoms. The van der Waals surface area contributed by atoms with E-state index in [2.05, 4.69) is 77.8 Å². The fraction of sp³-hybridized carbons (Fsp3) is 0. The fourth-order valence-electron chi connectivity index (χ4n) is 2.68. The van der Waals surface area contributed by atoms with Crippen LogP contribution in [0, 0.1) is 12.1 Å². The predicted molar refractivity (Wildman–Crippen MR) is 86.8 cm³/mol. The number of rotatable bonds is 2. The highest BCUT2D eigenvalue weighted by Crippen LogP contribution is 2.32. The molecule has 1 heterocycles. The number of para-hydroxylation sites is 1. The second kappa shape index (κ2) is 4.85.